The van der Waals surface area contributed by atoms with Gasteiger partial charge >= 0.3 is 5.63 Å². The second-order valence-electron chi connectivity index (χ2n) is 3.52. The van der Waals surface area contributed by atoms with Gasteiger partial charge in [-0.25, -0.2) is 4.79 Å². The molecule has 0 aliphatic carbocycles. The van der Waals surface area contributed by atoms with E-state index < -0.39 is 0 Å². The fourth-order valence-electron chi connectivity index (χ4n) is 1.17. The highest BCUT2D eigenvalue weighted by Crippen LogP contribution is 2.06. The molecule has 0 aliphatic heterocycles. The minimum atomic E-state index is -0.245. The van der Waals surface area contributed by atoms with E-state index in [4.69, 9.17) is 4.42 Å². The summed E-state index contributed by atoms with van der Waals surface area (Å²) in [6, 6.07) is 3.42. The predicted octanol–water partition coefficient (Wildman–Crippen LogP) is 2.15. The molecule has 0 aromatic carbocycles. The van der Waals surface area contributed by atoms with Crippen LogP contribution in [-0.2, 0) is 6.42 Å². The maximum Gasteiger partial charge on any atom is 0.336 e. The van der Waals surface area contributed by atoms with E-state index in [0.717, 1.165) is 17.7 Å². The van der Waals surface area contributed by atoms with Crippen LogP contribution in [0.1, 0.15) is 25.2 Å². The molecule has 1 rings (SSSR count). The molecule has 0 radical (unpaired) electrons. The Kier molecular flexibility index (Phi) is 2.69. The summed E-state index contributed by atoms with van der Waals surface area (Å²) in [4.78, 5) is 10.9. The minimum Gasteiger partial charge on any atom is -0.428 e. The lowest BCUT2D eigenvalue weighted by atomic mass is 10.1. The Hall–Kier alpha value is -1.05. The van der Waals surface area contributed by atoms with Crippen molar-refractivity contribution < 1.29 is 4.42 Å². The van der Waals surface area contributed by atoms with Gasteiger partial charge in [-0.15, -0.1) is 0 Å². The van der Waals surface area contributed by atoms with E-state index in [1.54, 1.807) is 0 Å². The average Bonchev–Trinajstić information content (AvgIpc) is 1.81. The van der Waals surface area contributed by atoms with E-state index in [-0.39, 0.29) is 5.63 Å². The summed E-state index contributed by atoms with van der Waals surface area (Å²) in [5, 5.41) is 0. The first-order chi connectivity index (χ1) is 5.58. The summed E-state index contributed by atoms with van der Waals surface area (Å²) in [5.74, 6) is 1.31. The standard InChI is InChI=1S/C10H14O2/c1-7(2)4-9-5-8(3)6-10(11)12-9/h5-7H,4H2,1-3H3. The number of hydrogen-bond donors (Lipinski definition) is 0. The Balaban J connectivity index is 2.93. The quantitative estimate of drug-likeness (QED) is 0.673. The van der Waals surface area contributed by atoms with Gasteiger partial charge in [-0.3, -0.25) is 0 Å². The lowest BCUT2D eigenvalue weighted by molar-refractivity contribution is 0.431. The van der Waals surface area contributed by atoms with Crippen LogP contribution in [-0.4, -0.2) is 0 Å². The maximum absolute atomic E-state index is 10.9. The second kappa shape index (κ2) is 3.57. The van der Waals surface area contributed by atoms with Crippen LogP contribution in [0.25, 0.3) is 0 Å². The summed E-state index contributed by atoms with van der Waals surface area (Å²) in [5.41, 5.74) is 0.729. The van der Waals surface area contributed by atoms with Crippen LogP contribution in [0.4, 0.5) is 0 Å². The molecule has 2 nitrogen and oxygen atoms in total. The molecule has 0 amide bonds. The molecule has 0 bridgehead atoms. The van der Waals surface area contributed by atoms with Gasteiger partial charge in [0.1, 0.15) is 5.76 Å². The summed E-state index contributed by atoms with van der Waals surface area (Å²) in [6.07, 6.45) is 0.830. The van der Waals surface area contributed by atoms with Crippen molar-refractivity contribution in [2.75, 3.05) is 0 Å². The highest BCUT2D eigenvalue weighted by Gasteiger charge is 2.01. The molecule has 0 saturated heterocycles. The summed E-state index contributed by atoms with van der Waals surface area (Å²) < 4.78 is 5.01. The first kappa shape index (κ1) is 9.04. The van der Waals surface area contributed by atoms with Crippen LogP contribution >= 0.6 is 0 Å². The number of hydrogen-bond acceptors (Lipinski definition) is 2. The average molecular weight is 166 g/mol. The van der Waals surface area contributed by atoms with Crippen LogP contribution < -0.4 is 5.63 Å². The van der Waals surface area contributed by atoms with Gasteiger partial charge in [-0.2, -0.15) is 0 Å². The van der Waals surface area contributed by atoms with E-state index in [9.17, 15) is 4.79 Å². The lowest BCUT2D eigenvalue weighted by Crippen LogP contribution is -2.03. The molecule has 1 aromatic heterocycles. The summed E-state index contributed by atoms with van der Waals surface area (Å²) >= 11 is 0. The molecule has 12 heavy (non-hydrogen) atoms. The van der Waals surface area contributed by atoms with Crippen molar-refractivity contribution in [3.8, 4) is 0 Å². The molecule has 0 N–H and O–H groups in total. The van der Waals surface area contributed by atoms with E-state index in [0.29, 0.717) is 5.92 Å². The van der Waals surface area contributed by atoms with Gasteiger partial charge < -0.3 is 4.42 Å². The van der Waals surface area contributed by atoms with Gasteiger partial charge in [0.15, 0.2) is 0 Å². The highest BCUT2D eigenvalue weighted by molar-refractivity contribution is 5.11. The molecule has 0 saturated carbocycles. The zero-order valence-electron chi connectivity index (χ0n) is 7.76. The van der Waals surface area contributed by atoms with E-state index >= 15 is 0 Å². The molecule has 66 valence electrons. The molecule has 1 heterocycles. The van der Waals surface area contributed by atoms with Gasteiger partial charge in [0.05, 0.1) is 0 Å². The van der Waals surface area contributed by atoms with Crippen molar-refractivity contribution >= 4 is 0 Å². The van der Waals surface area contributed by atoms with Crippen LogP contribution in [0.5, 0.6) is 0 Å². The van der Waals surface area contributed by atoms with Crippen molar-refractivity contribution in [3.63, 3.8) is 0 Å². The Morgan fingerprint density at radius 1 is 1.42 bits per heavy atom. The fourth-order valence-corrected chi connectivity index (χ4v) is 1.17. The van der Waals surface area contributed by atoms with E-state index in [1.807, 2.05) is 13.0 Å². The van der Waals surface area contributed by atoms with Crippen molar-refractivity contribution in [2.24, 2.45) is 5.92 Å². The van der Waals surface area contributed by atoms with Gasteiger partial charge in [0.2, 0.25) is 0 Å². The molecule has 0 unspecified atom stereocenters. The normalized spacial score (nSPS) is 10.7. The topological polar surface area (TPSA) is 30.2 Å². The minimum absolute atomic E-state index is 0.245. The van der Waals surface area contributed by atoms with Crippen LogP contribution in [0.15, 0.2) is 21.3 Å². The Morgan fingerprint density at radius 3 is 2.58 bits per heavy atom. The molecule has 0 fully saturated rings. The molecular formula is C10H14O2. The van der Waals surface area contributed by atoms with Crippen molar-refractivity contribution in [1.29, 1.82) is 0 Å². The van der Waals surface area contributed by atoms with Crippen molar-refractivity contribution in [1.82, 2.24) is 0 Å². The molecule has 0 aliphatic rings. The molecular weight excluding hydrogens is 152 g/mol. The third kappa shape index (κ3) is 2.53. The van der Waals surface area contributed by atoms with Crippen LogP contribution in [0.3, 0.4) is 0 Å². The van der Waals surface area contributed by atoms with Crippen molar-refractivity contribution in [2.45, 2.75) is 27.2 Å². The molecule has 0 atom stereocenters. The zero-order chi connectivity index (χ0) is 9.14. The SMILES string of the molecule is Cc1cc(CC(C)C)oc(=O)c1. The predicted molar refractivity (Wildman–Crippen MR) is 48.3 cm³/mol. The smallest absolute Gasteiger partial charge is 0.336 e. The molecule has 1 aromatic rings. The maximum atomic E-state index is 10.9. The van der Waals surface area contributed by atoms with Gasteiger partial charge in [0, 0.05) is 12.5 Å². The van der Waals surface area contributed by atoms with Crippen molar-refractivity contribution in [3.05, 3.63) is 33.9 Å². The molecule has 0 spiro atoms. The Bertz CT molecular complexity index is 310. The first-order valence-electron chi connectivity index (χ1n) is 4.18. The number of rotatable bonds is 2. The largest absolute Gasteiger partial charge is 0.428 e. The summed E-state index contributed by atoms with van der Waals surface area (Å²) in [7, 11) is 0. The second-order valence-corrected chi connectivity index (χ2v) is 3.52. The van der Waals surface area contributed by atoms with Gasteiger partial charge in [-0.05, 0) is 24.5 Å². The first-order valence-corrected chi connectivity index (χ1v) is 4.18. The zero-order valence-corrected chi connectivity index (χ0v) is 7.76. The van der Waals surface area contributed by atoms with E-state index in [1.165, 1.54) is 6.07 Å². The fraction of sp³-hybridized carbons (Fsp3) is 0.500. The third-order valence-electron chi connectivity index (χ3n) is 1.58. The monoisotopic (exact) mass is 166 g/mol. The lowest BCUT2D eigenvalue weighted by Gasteiger charge is -2.02. The third-order valence-corrected chi connectivity index (χ3v) is 1.58. The summed E-state index contributed by atoms with van der Waals surface area (Å²) in [6.45, 7) is 6.10. The Morgan fingerprint density at radius 2 is 2.08 bits per heavy atom. The number of aryl methyl sites for hydroxylation is 1. The van der Waals surface area contributed by atoms with Crippen LogP contribution in [0.2, 0.25) is 0 Å². The van der Waals surface area contributed by atoms with Gasteiger partial charge in [-0.1, -0.05) is 13.8 Å². The van der Waals surface area contributed by atoms with E-state index in [2.05, 4.69) is 13.8 Å². The van der Waals surface area contributed by atoms with Gasteiger partial charge in [0.25, 0.3) is 0 Å². The van der Waals surface area contributed by atoms with Crippen LogP contribution in [0, 0.1) is 12.8 Å². The molecule has 2 heteroatoms. The highest BCUT2D eigenvalue weighted by atomic mass is 16.4. The Labute approximate surface area is 72.2 Å².